The third-order valence-electron chi connectivity index (χ3n) is 5.48. The number of halogens is 1. The number of sulfonamides is 1. The molecule has 1 saturated heterocycles. The van der Waals surface area contributed by atoms with E-state index < -0.39 is 10.0 Å². The first kappa shape index (κ1) is 20.8. The van der Waals surface area contributed by atoms with E-state index in [1.165, 1.54) is 7.05 Å². The van der Waals surface area contributed by atoms with Gasteiger partial charge in [-0.15, -0.1) is 12.4 Å². The smallest absolute Gasteiger partial charge is 0.240 e. The predicted molar refractivity (Wildman–Crippen MR) is 108 cm³/mol. The minimum atomic E-state index is -3.55. The maximum absolute atomic E-state index is 13.3. The Balaban J connectivity index is 0.00000225. The van der Waals surface area contributed by atoms with Crippen molar-refractivity contribution < 1.29 is 13.2 Å². The largest absolute Gasteiger partial charge is 0.315 e. The molecule has 2 aliphatic rings. The Bertz CT molecular complexity index is 991. The standard InChI is InChI=1S/C18H23N5O3S.ClH/c1-19-27(25,26)14-4-3-12-5-6-23(17(12)7-14)18(24)16-10-20-9-15(16)13-8-21-22(2)11-13;/h3-4,7-8,11,15-16,19-20H,5-6,9-10H2,1-2H3;1H/t15-,16+;/m1./s1. The summed E-state index contributed by atoms with van der Waals surface area (Å²) in [5.41, 5.74) is 2.75. The minimum Gasteiger partial charge on any atom is -0.315 e. The van der Waals surface area contributed by atoms with E-state index in [9.17, 15) is 13.2 Å². The first-order valence-electron chi connectivity index (χ1n) is 8.98. The van der Waals surface area contributed by atoms with Crippen molar-refractivity contribution in [3.8, 4) is 0 Å². The summed E-state index contributed by atoms with van der Waals surface area (Å²) in [5, 5.41) is 7.54. The summed E-state index contributed by atoms with van der Waals surface area (Å²) in [6.07, 6.45) is 4.50. The average molecular weight is 426 g/mol. The third-order valence-corrected chi connectivity index (χ3v) is 6.89. The summed E-state index contributed by atoms with van der Waals surface area (Å²) in [6, 6.07) is 5.00. The van der Waals surface area contributed by atoms with Crippen LogP contribution in [-0.2, 0) is 28.3 Å². The van der Waals surface area contributed by atoms with Crippen molar-refractivity contribution in [1.29, 1.82) is 0 Å². The number of aromatic nitrogens is 2. The Morgan fingerprint density at radius 3 is 2.79 bits per heavy atom. The molecule has 152 valence electrons. The number of amides is 1. The molecule has 0 saturated carbocycles. The van der Waals surface area contributed by atoms with E-state index in [0.29, 0.717) is 18.8 Å². The molecule has 0 unspecified atom stereocenters. The van der Waals surface area contributed by atoms with Crippen LogP contribution in [0.4, 0.5) is 5.69 Å². The first-order chi connectivity index (χ1) is 12.9. The topological polar surface area (TPSA) is 96.3 Å². The maximum Gasteiger partial charge on any atom is 0.240 e. The Labute approximate surface area is 170 Å². The van der Waals surface area contributed by atoms with Crippen LogP contribution in [0.15, 0.2) is 35.5 Å². The first-order valence-corrected chi connectivity index (χ1v) is 10.5. The van der Waals surface area contributed by atoms with Gasteiger partial charge in [-0.25, -0.2) is 13.1 Å². The number of hydrogen-bond acceptors (Lipinski definition) is 5. The Morgan fingerprint density at radius 1 is 1.32 bits per heavy atom. The number of rotatable bonds is 4. The number of benzene rings is 1. The zero-order chi connectivity index (χ0) is 19.2. The lowest BCUT2D eigenvalue weighted by Crippen LogP contribution is -2.37. The second kappa shape index (κ2) is 7.82. The van der Waals surface area contributed by atoms with Gasteiger partial charge in [-0.3, -0.25) is 9.48 Å². The molecule has 2 aromatic rings. The summed E-state index contributed by atoms with van der Waals surface area (Å²) in [6.45, 7) is 1.92. The van der Waals surface area contributed by atoms with Gasteiger partial charge in [0.2, 0.25) is 15.9 Å². The number of fused-ring (bicyclic) bond motifs is 1. The lowest BCUT2D eigenvalue weighted by atomic mass is 9.90. The summed E-state index contributed by atoms with van der Waals surface area (Å²) in [4.78, 5) is 15.2. The summed E-state index contributed by atoms with van der Waals surface area (Å²) in [7, 11) is -0.303. The lowest BCUT2D eigenvalue weighted by Gasteiger charge is -2.24. The van der Waals surface area contributed by atoms with E-state index in [4.69, 9.17) is 0 Å². The highest BCUT2D eigenvalue weighted by Crippen LogP contribution is 2.35. The zero-order valence-electron chi connectivity index (χ0n) is 15.8. The highest BCUT2D eigenvalue weighted by molar-refractivity contribution is 7.89. The van der Waals surface area contributed by atoms with Gasteiger partial charge in [0.1, 0.15) is 0 Å². The maximum atomic E-state index is 13.3. The molecule has 4 rings (SSSR count). The van der Waals surface area contributed by atoms with Gasteiger partial charge in [-0.05, 0) is 36.7 Å². The Hall–Kier alpha value is -1.94. The lowest BCUT2D eigenvalue weighted by molar-refractivity contribution is -0.122. The van der Waals surface area contributed by atoms with Gasteiger partial charge in [0, 0.05) is 44.5 Å². The molecule has 2 atom stereocenters. The number of nitrogens with zero attached hydrogens (tertiary/aromatic N) is 3. The third kappa shape index (κ3) is 3.55. The molecule has 0 aliphatic carbocycles. The van der Waals surface area contributed by atoms with Gasteiger partial charge in [0.25, 0.3) is 0 Å². The molecule has 2 N–H and O–H groups in total. The van der Waals surface area contributed by atoms with Crippen molar-refractivity contribution in [3.05, 3.63) is 41.7 Å². The van der Waals surface area contributed by atoms with Crippen LogP contribution in [0.1, 0.15) is 17.0 Å². The van der Waals surface area contributed by atoms with Gasteiger partial charge >= 0.3 is 0 Å². The fourth-order valence-corrected chi connectivity index (χ4v) is 4.74. The van der Waals surface area contributed by atoms with Gasteiger partial charge in [0.05, 0.1) is 17.0 Å². The number of nitrogens with one attached hydrogen (secondary N) is 2. The van der Waals surface area contributed by atoms with Crippen molar-refractivity contribution in [1.82, 2.24) is 19.8 Å². The molecule has 1 aromatic carbocycles. The van der Waals surface area contributed by atoms with Gasteiger partial charge in [0.15, 0.2) is 0 Å². The SMILES string of the molecule is CNS(=O)(=O)c1ccc2c(c1)N(C(=O)[C@H]1CNC[C@@H]1c1cnn(C)c1)CC2.Cl. The molecule has 0 spiro atoms. The van der Waals surface area contributed by atoms with Crippen LogP contribution in [0, 0.1) is 5.92 Å². The van der Waals surface area contributed by atoms with Crippen LogP contribution in [0.25, 0.3) is 0 Å². The molecule has 28 heavy (non-hydrogen) atoms. The van der Waals surface area contributed by atoms with Crippen LogP contribution in [0.2, 0.25) is 0 Å². The number of hydrogen-bond donors (Lipinski definition) is 2. The van der Waals surface area contributed by atoms with E-state index in [0.717, 1.165) is 24.1 Å². The fourth-order valence-electron chi connectivity index (χ4n) is 3.99. The molecule has 1 amide bonds. The molecule has 10 heteroatoms. The summed E-state index contributed by atoms with van der Waals surface area (Å²) in [5.74, 6) is -0.0872. The molecule has 8 nitrogen and oxygen atoms in total. The predicted octanol–water partition coefficient (Wildman–Crippen LogP) is 0.642. The second-order valence-corrected chi connectivity index (χ2v) is 8.94. The zero-order valence-corrected chi connectivity index (χ0v) is 17.4. The monoisotopic (exact) mass is 425 g/mol. The Morgan fingerprint density at radius 2 is 2.11 bits per heavy atom. The summed E-state index contributed by atoms with van der Waals surface area (Å²) >= 11 is 0. The van der Waals surface area contributed by atoms with Crippen LogP contribution >= 0.6 is 12.4 Å². The van der Waals surface area contributed by atoms with Crippen LogP contribution in [0.5, 0.6) is 0 Å². The Kier molecular flexibility index (Phi) is 5.81. The molecule has 1 fully saturated rings. The van der Waals surface area contributed by atoms with Gasteiger partial charge in [-0.2, -0.15) is 5.10 Å². The van der Waals surface area contributed by atoms with Gasteiger partial charge < -0.3 is 10.2 Å². The van der Waals surface area contributed by atoms with E-state index in [1.54, 1.807) is 27.8 Å². The molecule has 2 aliphatic heterocycles. The van der Waals surface area contributed by atoms with E-state index in [-0.39, 0.29) is 35.0 Å². The normalized spacial score (nSPS) is 21.4. The van der Waals surface area contributed by atoms with Crippen LogP contribution in [0.3, 0.4) is 0 Å². The van der Waals surface area contributed by atoms with Crippen molar-refractivity contribution in [2.24, 2.45) is 13.0 Å². The highest BCUT2D eigenvalue weighted by Gasteiger charge is 2.39. The molecular weight excluding hydrogens is 402 g/mol. The van der Waals surface area contributed by atoms with E-state index >= 15 is 0 Å². The van der Waals surface area contributed by atoms with Crippen LogP contribution in [-0.4, -0.2) is 50.8 Å². The van der Waals surface area contributed by atoms with Crippen molar-refractivity contribution in [2.45, 2.75) is 17.2 Å². The summed E-state index contributed by atoms with van der Waals surface area (Å²) < 4.78 is 28.4. The average Bonchev–Trinajstić information content (AvgIpc) is 3.39. The molecule has 0 radical (unpaired) electrons. The van der Waals surface area contributed by atoms with Crippen molar-refractivity contribution in [2.75, 3.05) is 31.6 Å². The fraction of sp³-hybridized carbons (Fsp3) is 0.444. The highest BCUT2D eigenvalue weighted by atomic mass is 35.5. The molecule has 3 heterocycles. The van der Waals surface area contributed by atoms with E-state index in [2.05, 4.69) is 15.1 Å². The number of anilines is 1. The molecule has 1 aromatic heterocycles. The van der Waals surface area contributed by atoms with Crippen LogP contribution < -0.4 is 14.9 Å². The second-order valence-electron chi connectivity index (χ2n) is 7.06. The minimum absolute atomic E-state index is 0. The van der Waals surface area contributed by atoms with Crippen molar-refractivity contribution in [3.63, 3.8) is 0 Å². The molecule has 0 bridgehead atoms. The van der Waals surface area contributed by atoms with Gasteiger partial charge in [-0.1, -0.05) is 6.07 Å². The van der Waals surface area contributed by atoms with Crippen molar-refractivity contribution >= 4 is 34.0 Å². The quantitative estimate of drug-likeness (QED) is 0.749. The van der Waals surface area contributed by atoms with E-state index in [1.807, 2.05) is 19.4 Å². The number of carbonyl (C=O) groups excluding carboxylic acids is 1. The molecular formula is C18H24ClN5O3S. The number of aryl methyl sites for hydroxylation is 1. The number of carbonyl (C=O) groups is 1.